The fourth-order valence-electron chi connectivity index (χ4n) is 2.34. The SMILES string of the molecule is Cc1nnc(CN(C)C(=O)c2cccnc2Oc2ccccc2Br)n1C. The van der Waals surface area contributed by atoms with Gasteiger partial charge in [0.15, 0.2) is 5.82 Å². The number of para-hydroxylation sites is 1. The van der Waals surface area contributed by atoms with E-state index in [1.807, 2.05) is 36.7 Å². The molecule has 0 saturated heterocycles. The Hall–Kier alpha value is -2.74. The van der Waals surface area contributed by atoms with Gasteiger partial charge in [0.05, 0.1) is 11.0 Å². The highest BCUT2D eigenvalue weighted by Crippen LogP contribution is 2.30. The summed E-state index contributed by atoms with van der Waals surface area (Å²) in [5.41, 5.74) is 0.379. The predicted octanol–water partition coefficient (Wildman–Crippen LogP) is 3.35. The lowest BCUT2D eigenvalue weighted by atomic mass is 10.2. The van der Waals surface area contributed by atoms with Crippen LogP contribution in [0.2, 0.25) is 0 Å². The Labute approximate surface area is 159 Å². The van der Waals surface area contributed by atoms with Crippen LogP contribution in [0.4, 0.5) is 0 Å². The van der Waals surface area contributed by atoms with Crippen LogP contribution < -0.4 is 4.74 Å². The molecule has 3 rings (SSSR count). The van der Waals surface area contributed by atoms with E-state index in [4.69, 9.17) is 4.74 Å². The summed E-state index contributed by atoms with van der Waals surface area (Å²) in [5.74, 6) is 2.13. The van der Waals surface area contributed by atoms with Crippen molar-refractivity contribution in [2.45, 2.75) is 13.5 Å². The molecule has 3 aromatic rings. The number of aryl methyl sites for hydroxylation is 1. The second-order valence-electron chi connectivity index (χ2n) is 5.77. The second-order valence-corrected chi connectivity index (χ2v) is 6.63. The molecular weight excluding hydrogens is 398 g/mol. The van der Waals surface area contributed by atoms with Crippen LogP contribution in [0.5, 0.6) is 11.6 Å². The van der Waals surface area contributed by atoms with Crippen LogP contribution in [-0.2, 0) is 13.6 Å². The third kappa shape index (κ3) is 3.75. The Balaban J connectivity index is 1.83. The van der Waals surface area contributed by atoms with E-state index in [9.17, 15) is 4.79 Å². The molecule has 0 atom stereocenters. The zero-order valence-corrected chi connectivity index (χ0v) is 16.3. The predicted molar refractivity (Wildman–Crippen MR) is 100.0 cm³/mol. The quantitative estimate of drug-likeness (QED) is 0.638. The van der Waals surface area contributed by atoms with E-state index >= 15 is 0 Å². The highest BCUT2D eigenvalue weighted by Gasteiger charge is 2.20. The molecule has 0 bridgehead atoms. The Morgan fingerprint density at radius 1 is 1.23 bits per heavy atom. The van der Waals surface area contributed by atoms with Crippen molar-refractivity contribution in [2.24, 2.45) is 7.05 Å². The molecule has 0 saturated carbocycles. The van der Waals surface area contributed by atoms with Crippen LogP contribution in [0.1, 0.15) is 22.0 Å². The number of amides is 1. The van der Waals surface area contributed by atoms with Gasteiger partial charge in [0, 0.05) is 20.3 Å². The first kappa shape index (κ1) is 18.1. The van der Waals surface area contributed by atoms with Gasteiger partial charge in [-0.25, -0.2) is 4.98 Å². The minimum absolute atomic E-state index is 0.208. The lowest BCUT2D eigenvalue weighted by Gasteiger charge is -2.18. The van der Waals surface area contributed by atoms with Crippen LogP contribution in [0.15, 0.2) is 47.1 Å². The summed E-state index contributed by atoms with van der Waals surface area (Å²) in [6.45, 7) is 2.20. The van der Waals surface area contributed by atoms with Gasteiger partial charge in [0.1, 0.15) is 17.1 Å². The number of pyridine rings is 1. The van der Waals surface area contributed by atoms with Crippen LogP contribution >= 0.6 is 15.9 Å². The number of carbonyl (C=O) groups is 1. The first-order valence-electron chi connectivity index (χ1n) is 7.95. The van der Waals surface area contributed by atoms with Crippen molar-refractivity contribution in [1.82, 2.24) is 24.6 Å². The molecule has 7 nitrogen and oxygen atoms in total. The number of hydrogen-bond donors (Lipinski definition) is 0. The maximum atomic E-state index is 12.9. The van der Waals surface area contributed by atoms with Gasteiger partial charge in [-0.05, 0) is 47.1 Å². The van der Waals surface area contributed by atoms with Crippen molar-refractivity contribution in [1.29, 1.82) is 0 Å². The van der Waals surface area contributed by atoms with Crippen molar-refractivity contribution in [3.63, 3.8) is 0 Å². The summed E-state index contributed by atoms with van der Waals surface area (Å²) in [6.07, 6.45) is 1.59. The lowest BCUT2D eigenvalue weighted by molar-refractivity contribution is 0.0777. The highest BCUT2D eigenvalue weighted by atomic mass is 79.9. The highest BCUT2D eigenvalue weighted by molar-refractivity contribution is 9.10. The molecule has 0 fully saturated rings. The summed E-state index contributed by atoms with van der Waals surface area (Å²) in [4.78, 5) is 18.7. The van der Waals surface area contributed by atoms with Gasteiger partial charge in [0.2, 0.25) is 5.88 Å². The number of ether oxygens (including phenoxy) is 1. The summed E-state index contributed by atoms with van der Waals surface area (Å²) in [7, 11) is 3.58. The third-order valence-corrected chi connectivity index (χ3v) is 4.61. The van der Waals surface area contributed by atoms with Crippen molar-refractivity contribution in [3.05, 3.63) is 64.3 Å². The van der Waals surface area contributed by atoms with Crippen molar-refractivity contribution >= 4 is 21.8 Å². The molecule has 2 heterocycles. The van der Waals surface area contributed by atoms with Gasteiger partial charge in [-0.2, -0.15) is 0 Å². The third-order valence-electron chi connectivity index (χ3n) is 3.95. The Kier molecular flexibility index (Phi) is 5.32. The van der Waals surface area contributed by atoms with Crippen LogP contribution in [0.25, 0.3) is 0 Å². The van der Waals surface area contributed by atoms with E-state index in [1.54, 1.807) is 36.3 Å². The van der Waals surface area contributed by atoms with E-state index in [-0.39, 0.29) is 11.8 Å². The average Bonchev–Trinajstić information content (AvgIpc) is 2.95. The molecule has 2 aromatic heterocycles. The Bertz CT molecular complexity index is 941. The molecule has 1 amide bonds. The maximum Gasteiger partial charge on any atom is 0.259 e. The minimum atomic E-state index is -0.208. The standard InChI is InChI=1S/C18H18BrN5O2/c1-12-21-22-16(24(12)3)11-23(2)18(25)13-7-6-10-20-17(13)26-15-9-5-4-8-14(15)19/h4-10H,11H2,1-3H3. The van der Waals surface area contributed by atoms with Crippen LogP contribution in [-0.4, -0.2) is 37.6 Å². The summed E-state index contributed by atoms with van der Waals surface area (Å²) in [6, 6.07) is 10.8. The van der Waals surface area contributed by atoms with E-state index in [1.165, 1.54) is 0 Å². The summed E-state index contributed by atoms with van der Waals surface area (Å²) in [5, 5.41) is 8.12. The van der Waals surface area contributed by atoms with Gasteiger partial charge in [-0.15, -0.1) is 10.2 Å². The topological polar surface area (TPSA) is 73.1 Å². The molecule has 134 valence electrons. The molecule has 0 spiro atoms. The summed E-state index contributed by atoms with van der Waals surface area (Å²) >= 11 is 3.43. The van der Waals surface area contributed by atoms with Gasteiger partial charge in [-0.3, -0.25) is 4.79 Å². The number of nitrogens with zero attached hydrogens (tertiary/aromatic N) is 5. The molecule has 0 unspecified atom stereocenters. The van der Waals surface area contributed by atoms with Gasteiger partial charge in [0.25, 0.3) is 5.91 Å². The van der Waals surface area contributed by atoms with Gasteiger partial charge in [-0.1, -0.05) is 12.1 Å². The molecular formula is C18H18BrN5O2. The van der Waals surface area contributed by atoms with E-state index < -0.39 is 0 Å². The maximum absolute atomic E-state index is 12.9. The van der Waals surface area contributed by atoms with Gasteiger partial charge < -0.3 is 14.2 Å². The number of halogens is 1. The molecule has 1 aromatic carbocycles. The largest absolute Gasteiger partial charge is 0.437 e. The normalized spacial score (nSPS) is 10.6. The molecule has 0 aliphatic rings. The lowest BCUT2D eigenvalue weighted by Crippen LogP contribution is -2.28. The average molecular weight is 416 g/mol. The van der Waals surface area contributed by atoms with E-state index in [2.05, 4.69) is 31.1 Å². The number of benzene rings is 1. The molecule has 0 aliphatic heterocycles. The first-order valence-corrected chi connectivity index (χ1v) is 8.74. The smallest absolute Gasteiger partial charge is 0.259 e. The fourth-order valence-corrected chi connectivity index (χ4v) is 2.71. The number of aromatic nitrogens is 4. The monoisotopic (exact) mass is 415 g/mol. The Morgan fingerprint density at radius 3 is 2.69 bits per heavy atom. The number of hydrogen-bond acceptors (Lipinski definition) is 5. The Morgan fingerprint density at radius 2 is 2.00 bits per heavy atom. The van der Waals surface area contributed by atoms with Crippen LogP contribution in [0, 0.1) is 6.92 Å². The van der Waals surface area contributed by atoms with Crippen molar-refractivity contribution < 1.29 is 9.53 Å². The number of carbonyl (C=O) groups excluding carboxylic acids is 1. The van der Waals surface area contributed by atoms with Crippen LogP contribution in [0.3, 0.4) is 0 Å². The fraction of sp³-hybridized carbons (Fsp3) is 0.222. The molecule has 0 N–H and O–H groups in total. The first-order chi connectivity index (χ1) is 12.5. The zero-order valence-electron chi connectivity index (χ0n) is 14.7. The number of rotatable bonds is 5. The van der Waals surface area contributed by atoms with E-state index in [0.29, 0.717) is 23.7 Å². The second kappa shape index (κ2) is 7.65. The molecule has 0 radical (unpaired) electrons. The van der Waals surface area contributed by atoms with Gasteiger partial charge >= 0.3 is 0 Å². The summed E-state index contributed by atoms with van der Waals surface area (Å²) < 4.78 is 8.49. The molecule has 0 aliphatic carbocycles. The zero-order chi connectivity index (χ0) is 18.7. The van der Waals surface area contributed by atoms with Crippen molar-refractivity contribution in [3.8, 4) is 11.6 Å². The molecule has 26 heavy (non-hydrogen) atoms. The van der Waals surface area contributed by atoms with Crippen molar-refractivity contribution in [2.75, 3.05) is 7.05 Å². The van der Waals surface area contributed by atoms with E-state index in [0.717, 1.165) is 10.3 Å². The molecule has 8 heteroatoms. The minimum Gasteiger partial charge on any atom is -0.437 e.